The first-order valence-electron chi connectivity index (χ1n) is 7.12. The van der Waals surface area contributed by atoms with Crippen molar-refractivity contribution in [3.63, 3.8) is 0 Å². The van der Waals surface area contributed by atoms with Crippen LogP contribution in [0.3, 0.4) is 0 Å². The van der Waals surface area contributed by atoms with Gasteiger partial charge in [-0.2, -0.15) is 0 Å². The minimum Gasteiger partial charge on any atom is -0.396 e. The summed E-state index contributed by atoms with van der Waals surface area (Å²) in [6.45, 7) is 2.14. The van der Waals surface area contributed by atoms with Gasteiger partial charge in [-0.25, -0.2) is 0 Å². The lowest BCUT2D eigenvalue weighted by molar-refractivity contribution is 0.106. The van der Waals surface area contributed by atoms with Crippen molar-refractivity contribution in [2.75, 3.05) is 12.3 Å². The van der Waals surface area contributed by atoms with E-state index in [9.17, 15) is 0 Å². The number of rotatable bonds is 2. The van der Waals surface area contributed by atoms with E-state index in [-0.39, 0.29) is 0 Å². The second kappa shape index (κ2) is 5.51. The SMILES string of the molecule is Nc1c(Cl)cc(CN2CCCC3CCCC32)cc1Cl. The predicted molar refractivity (Wildman–Crippen MR) is 81.6 cm³/mol. The van der Waals surface area contributed by atoms with E-state index in [1.807, 2.05) is 12.1 Å². The van der Waals surface area contributed by atoms with Crippen molar-refractivity contribution in [2.45, 2.75) is 44.7 Å². The number of piperidine rings is 1. The fourth-order valence-corrected chi connectivity index (χ4v) is 4.25. The summed E-state index contributed by atoms with van der Waals surface area (Å²) in [5, 5.41) is 1.14. The quantitative estimate of drug-likeness (QED) is 0.823. The number of benzene rings is 1. The van der Waals surface area contributed by atoms with Gasteiger partial charge in [0, 0.05) is 12.6 Å². The van der Waals surface area contributed by atoms with Crippen LogP contribution in [0.15, 0.2) is 12.1 Å². The van der Waals surface area contributed by atoms with Crippen LogP contribution in [0.1, 0.15) is 37.7 Å². The van der Waals surface area contributed by atoms with Crippen LogP contribution in [-0.4, -0.2) is 17.5 Å². The first-order chi connectivity index (χ1) is 9.15. The number of likely N-dealkylation sites (tertiary alicyclic amines) is 1. The van der Waals surface area contributed by atoms with Gasteiger partial charge >= 0.3 is 0 Å². The molecule has 4 heteroatoms. The Kier molecular flexibility index (Phi) is 3.93. The molecule has 2 fully saturated rings. The Morgan fingerprint density at radius 2 is 1.79 bits per heavy atom. The van der Waals surface area contributed by atoms with Gasteiger partial charge in [-0.15, -0.1) is 0 Å². The van der Waals surface area contributed by atoms with Crippen molar-refractivity contribution in [1.29, 1.82) is 0 Å². The van der Waals surface area contributed by atoms with Gasteiger partial charge in [-0.3, -0.25) is 4.90 Å². The first kappa shape index (κ1) is 13.5. The molecule has 19 heavy (non-hydrogen) atoms. The molecule has 1 saturated carbocycles. The Hall–Kier alpha value is -0.440. The molecule has 3 rings (SSSR count). The highest BCUT2D eigenvalue weighted by atomic mass is 35.5. The second-order valence-electron chi connectivity index (χ2n) is 5.84. The molecular weight excluding hydrogens is 279 g/mol. The van der Waals surface area contributed by atoms with Gasteiger partial charge in [0.05, 0.1) is 15.7 Å². The van der Waals surface area contributed by atoms with Crippen molar-refractivity contribution in [3.05, 3.63) is 27.7 Å². The number of hydrogen-bond acceptors (Lipinski definition) is 2. The van der Waals surface area contributed by atoms with E-state index in [0.29, 0.717) is 15.7 Å². The van der Waals surface area contributed by atoms with Crippen molar-refractivity contribution in [1.82, 2.24) is 4.90 Å². The fraction of sp³-hybridized carbons (Fsp3) is 0.600. The zero-order chi connectivity index (χ0) is 13.4. The normalized spacial score (nSPS) is 27.5. The first-order valence-corrected chi connectivity index (χ1v) is 7.88. The Morgan fingerprint density at radius 3 is 2.53 bits per heavy atom. The lowest BCUT2D eigenvalue weighted by atomic mass is 9.91. The molecule has 0 radical (unpaired) electrons. The highest BCUT2D eigenvalue weighted by Gasteiger charge is 2.34. The number of hydrogen-bond donors (Lipinski definition) is 1. The summed E-state index contributed by atoms with van der Waals surface area (Å²) >= 11 is 12.2. The Bertz CT molecular complexity index is 452. The van der Waals surface area contributed by atoms with Crippen LogP contribution in [0.4, 0.5) is 5.69 Å². The van der Waals surface area contributed by atoms with E-state index in [1.54, 1.807) is 0 Å². The molecule has 2 N–H and O–H groups in total. The third-order valence-corrected chi connectivity index (χ3v) is 5.26. The molecule has 2 atom stereocenters. The summed E-state index contributed by atoms with van der Waals surface area (Å²) in [6, 6.07) is 4.69. The van der Waals surface area contributed by atoms with Crippen LogP contribution in [0, 0.1) is 5.92 Å². The monoisotopic (exact) mass is 298 g/mol. The van der Waals surface area contributed by atoms with Crippen molar-refractivity contribution in [3.8, 4) is 0 Å². The average Bonchev–Trinajstić information content (AvgIpc) is 2.85. The highest BCUT2D eigenvalue weighted by molar-refractivity contribution is 6.38. The summed E-state index contributed by atoms with van der Waals surface area (Å²) in [6.07, 6.45) is 6.86. The van der Waals surface area contributed by atoms with Crippen LogP contribution in [-0.2, 0) is 6.54 Å². The maximum Gasteiger partial charge on any atom is 0.0693 e. The molecule has 0 bridgehead atoms. The molecular formula is C15H20Cl2N2. The van der Waals surface area contributed by atoms with E-state index in [1.165, 1.54) is 44.2 Å². The van der Waals surface area contributed by atoms with E-state index < -0.39 is 0 Å². The lowest BCUT2D eigenvalue weighted by Gasteiger charge is -2.37. The van der Waals surface area contributed by atoms with Gasteiger partial charge in [0.1, 0.15) is 0 Å². The Balaban J connectivity index is 1.77. The summed E-state index contributed by atoms with van der Waals surface area (Å²) in [4.78, 5) is 2.61. The maximum absolute atomic E-state index is 6.12. The average molecular weight is 299 g/mol. The minimum atomic E-state index is 0.490. The van der Waals surface area contributed by atoms with Gasteiger partial charge in [0.2, 0.25) is 0 Å². The molecule has 2 aliphatic rings. The highest BCUT2D eigenvalue weighted by Crippen LogP contribution is 2.38. The number of fused-ring (bicyclic) bond motifs is 1. The largest absolute Gasteiger partial charge is 0.396 e. The fourth-order valence-electron chi connectivity index (χ4n) is 3.72. The third kappa shape index (κ3) is 2.72. The minimum absolute atomic E-state index is 0.490. The zero-order valence-corrected chi connectivity index (χ0v) is 12.6. The standard InChI is InChI=1S/C15H20Cl2N2/c16-12-7-10(8-13(17)15(12)18)9-19-6-2-4-11-3-1-5-14(11)19/h7-8,11,14H,1-6,9,18H2. The summed E-state index contributed by atoms with van der Waals surface area (Å²) in [5.41, 5.74) is 7.46. The van der Waals surface area contributed by atoms with Gasteiger partial charge in [-0.1, -0.05) is 29.6 Å². The number of nitrogens with zero attached hydrogens (tertiary/aromatic N) is 1. The van der Waals surface area contributed by atoms with E-state index in [0.717, 1.165) is 18.5 Å². The molecule has 2 unspecified atom stereocenters. The molecule has 0 spiro atoms. The van der Waals surface area contributed by atoms with E-state index in [2.05, 4.69) is 4.90 Å². The second-order valence-corrected chi connectivity index (χ2v) is 6.66. The maximum atomic E-state index is 6.12. The van der Waals surface area contributed by atoms with E-state index >= 15 is 0 Å². The van der Waals surface area contributed by atoms with Crippen molar-refractivity contribution < 1.29 is 0 Å². The topological polar surface area (TPSA) is 29.3 Å². The molecule has 104 valence electrons. The predicted octanol–water partition coefficient (Wildman–Crippen LogP) is 4.34. The van der Waals surface area contributed by atoms with Crippen molar-refractivity contribution in [2.24, 2.45) is 5.92 Å². The molecule has 1 aromatic rings. The van der Waals surface area contributed by atoms with Gasteiger partial charge in [0.25, 0.3) is 0 Å². The molecule has 0 amide bonds. The molecule has 2 nitrogen and oxygen atoms in total. The van der Waals surface area contributed by atoms with Crippen LogP contribution in [0.2, 0.25) is 10.0 Å². The number of halogens is 2. The Morgan fingerprint density at radius 1 is 1.11 bits per heavy atom. The molecule has 1 saturated heterocycles. The van der Waals surface area contributed by atoms with Gasteiger partial charge in [0.15, 0.2) is 0 Å². The smallest absolute Gasteiger partial charge is 0.0693 e. The van der Waals surface area contributed by atoms with Crippen LogP contribution in [0.5, 0.6) is 0 Å². The molecule has 1 aliphatic carbocycles. The third-order valence-electron chi connectivity index (χ3n) is 4.63. The molecule has 1 heterocycles. The van der Waals surface area contributed by atoms with Crippen LogP contribution in [0.25, 0.3) is 0 Å². The zero-order valence-electron chi connectivity index (χ0n) is 11.0. The van der Waals surface area contributed by atoms with E-state index in [4.69, 9.17) is 28.9 Å². The van der Waals surface area contributed by atoms with Gasteiger partial charge in [-0.05, 0) is 55.8 Å². The Labute approximate surface area is 124 Å². The van der Waals surface area contributed by atoms with Crippen molar-refractivity contribution >= 4 is 28.9 Å². The number of nitrogen functional groups attached to an aromatic ring is 1. The van der Waals surface area contributed by atoms with Crippen LogP contribution < -0.4 is 5.73 Å². The van der Waals surface area contributed by atoms with Gasteiger partial charge < -0.3 is 5.73 Å². The van der Waals surface area contributed by atoms with Crippen LogP contribution >= 0.6 is 23.2 Å². The molecule has 0 aromatic heterocycles. The lowest BCUT2D eigenvalue weighted by Crippen LogP contribution is -2.41. The summed E-state index contributed by atoms with van der Waals surface area (Å²) in [5.74, 6) is 0.911. The number of anilines is 1. The summed E-state index contributed by atoms with van der Waals surface area (Å²) < 4.78 is 0. The summed E-state index contributed by atoms with van der Waals surface area (Å²) in [7, 11) is 0. The number of nitrogens with two attached hydrogens (primary N) is 1. The molecule has 1 aliphatic heterocycles. The molecule has 1 aromatic carbocycles.